The lowest BCUT2D eigenvalue weighted by molar-refractivity contribution is 0.188. The predicted octanol–water partition coefficient (Wildman–Crippen LogP) is 1.90. The van der Waals surface area contributed by atoms with E-state index in [2.05, 4.69) is 5.92 Å². The molecular weight excluding hydrogens is 148 g/mol. The van der Waals surface area contributed by atoms with Crippen LogP contribution < -0.4 is 0 Å². The van der Waals surface area contributed by atoms with Crippen molar-refractivity contribution < 1.29 is 4.74 Å². The van der Waals surface area contributed by atoms with E-state index in [0.717, 1.165) is 0 Å². The first kappa shape index (κ1) is 9.13. The van der Waals surface area contributed by atoms with Crippen LogP contribution in [0, 0.1) is 12.3 Å². The molecule has 0 amide bonds. The monoisotopic (exact) mass is 156 g/mol. The first-order valence-corrected chi connectivity index (χ1v) is 2.86. The van der Waals surface area contributed by atoms with Crippen molar-refractivity contribution in [1.82, 2.24) is 0 Å². The summed E-state index contributed by atoms with van der Waals surface area (Å²) in [5.41, 5.74) is 0. The fraction of sp³-hybridized carbons (Fsp3) is 0.250. The Morgan fingerprint density at radius 3 is 2.80 bits per heavy atom. The maximum absolute atomic E-state index is 5.11. The van der Waals surface area contributed by atoms with E-state index in [1.807, 2.05) is 18.2 Å². The highest BCUT2D eigenvalue weighted by Crippen LogP contribution is 2.04. The van der Waals surface area contributed by atoms with Gasteiger partial charge in [-0.15, -0.1) is 24.8 Å². The van der Waals surface area contributed by atoms with Crippen LogP contribution >= 0.6 is 12.4 Å². The molecule has 0 fully saturated rings. The van der Waals surface area contributed by atoms with Gasteiger partial charge in [-0.25, -0.2) is 0 Å². The van der Waals surface area contributed by atoms with E-state index in [9.17, 15) is 0 Å². The number of hydrogen-bond acceptors (Lipinski definition) is 1. The van der Waals surface area contributed by atoms with Crippen molar-refractivity contribution >= 4 is 12.4 Å². The number of halogens is 1. The largest absolute Gasteiger partial charge is 0.493 e. The molecule has 0 spiro atoms. The van der Waals surface area contributed by atoms with Gasteiger partial charge < -0.3 is 4.74 Å². The normalized spacial score (nSPS) is 20.5. The van der Waals surface area contributed by atoms with Gasteiger partial charge in [0.2, 0.25) is 0 Å². The van der Waals surface area contributed by atoms with Crippen LogP contribution in [0.2, 0.25) is 0 Å². The Labute approximate surface area is 67.2 Å². The minimum absolute atomic E-state index is 0. The minimum atomic E-state index is 0. The minimum Gasteiger partial charge on any atom is -0.493 e. The lowest BCUT2D eigenvalue weighted by Gasteiger charge is -2.10. The predicted molar refractivity (Wildman–Crippen MR) is 43.9 cm³/mol. The highest BCUT2D eigenvalue weighted by molar-refractivity contribution is 5.85. The summed E-state index contributed by atoms with van der Waals surface area (Å²) in [6.45, 7) is 0. The second-order valence-corrected chi connectivity index (χ2v) is 1.80. The first-order valence-electron chi connectivity index (χ1n) is 2.86. The molecular formula is C8H9ClO. The van der Waals surface area contributed by atoms with E-state index in [1.165, 1.54) is 0 Å². The first-order chi connectivity index (χ1) is 4.43. The maximum atomic E-state index is 5.11. The van der Waals surface area contributed by atoms with E-state index in [-0.39, 0.29) is 18.5 Å². The highest BCUT2D eigenvalue weighted by atomic mass is 35.5. The molecule has 1 heterocycles. The third-order valence-corrected chi connectivity index (χ3v) is 1.09. The zero-order valence-electron chi connectivity index (χ0n) is 5.49. The van der Waals surface area contributed by atoms with Gasteiger partial charge in [-0.05, 0) is 12.2 Å². The van der Waals surface area contributed by atoms with Crippen molar-refractivity contribution in [3.05, 3.63) is 24.5 Å². The van der Waals surface area contributed by atoms with Gasteiger partial charge in [-0.3, -0.25) is 0 Å². The lowest BCUT2D eigenvalue weighted by atomic mass is 10.2. The Balaban J connectivity index is 0.000000810. The van der Waals surface area contributed by atoms with Gasteiger partial charge in [-0.2, -0.15) is 0 Å². The molecule has 1 unspecified atom stereocenters. The van der Waals surface area contributed by atoms with Crippen molar-refractivity contribution in [2.75, 3.05) is 0 Å². The van der Waals surface area contributed by atoms with Gasteiger partial charge in [0, 0.05) is 6.42 Å². The van der Waals surface area contributed by atoms with Crippen LogP contribution in [0.1, 0.15) is 6.42 Å². The summed E-state index contributed by atoms with van der Waals surface area (Å²) in [6, 6.07) is 0. The zero-order valence-corrected chi connectivity index (χ0v) is 6.30. The number of allylic oxidation sites excluding steroid dienone is 2. The van der Waals surface area contributed by atoms with Crippen molar-refractivity contribution in [3.63, 3.8) is 0 Å². The number of rotatable bonds is 1. The SMILES string of the molecule is C#CCC1C=CC=CO1.Cl. The van der Waals surface area contributed by atoms with Crippen LogP contribution in [0.15, 0.2) is 24.5 Å². The lowest BCUT2D eigenvalue weighted by Crippen LogP contribution is -2.05. The molecule has 0 aromatic rings. The van der Waals surface area contributed by atoms with Gasteiger partial charge in [0.15, 0.2) is 0 Å². The van der Waals surface area contributed by atoms with Crippen LogP contribution in [-0.2, 0) is 4.74 Å². The third-order valence-electron chi connectivity index (χ3n) is 1.09. The average molecular weight is 157 g/mol. The smallest absolute Gasteiger partial charge is 0.127 e. The molecule has 10 heavy (non-hydrogen) atoms. The van der Waals surface area contributed by atoms with Crippen molar-refractivity contribution in [3.8, 4) is 12.3 Å². The molecule has 0 radical (unpaired) electrons. The van der Waals surface area contributed by atoms with Gasteiger partial charge in [-0.1, -0.05) is 6.08 Å². The molecule has 0 aromatic carbocycles. The molecule has 54 valence electrons. The topological polar surface area (TPSA) is 9.23 Å². The van der Waals surface area contributed by atoms with Crippen molar-refractivity contribution in [2.24, 2.45) is 0 Å². The maximum Gasteiger partial charge on any atom is 0.127 e. The molecule has 2 heteroatoms. The molecule has 0 aliphatic carbocycles. The second kappa shape index (κ2) is 4.96. The summed E-state index contributed by atoms with van der Waals surface area (Å²) < 4.78 is 5.11. The van der Waals surface area contributed by atoms with E-state index < -0.39 is 0 Å². The van der Waals surface area contributed by atoms with Gasteiger partial charge >= 0.3 is 0 Å². The van der Waals surface area contributed by atoms with Crippen LogP contribution in [0.5, 0.6) is 0 Å². The van der Waals surface area contributed by atoms with Crippen LogP contribution in [0.4, 0.5) is 0 Å². The quantitative estimate of drug-likeness (QED) is 0.527. The van der Waals surface area contributed by atoms with E-state index >= 15 is 0 Å². The number of terminal acetylenes is 1. The fourth-order valence-electron chi connectivity index (χ4n) is 0.657. The van der Waals surface area contributed by atoms with E-state index in [0.29, 0.717) is 6.42 Å². The van der Waals surface area contributed by atoms with E-state index in [1.54, 1.807) is 6.26 Å². The summed E-state index contributed by atoms with van der Waals surface area (Å²) >= 11 is 0. The summed E-state index contributed by atoms with van der Waals surface area (Å²) in [6.07, 6.45) is 13.2. The Morgan fingerprint density at radius 1 is 1.50 bits per heavy atom. The molecule has 1 atom stereocenters. The van der Waals surface area contributed by atoms with Crippen LogP contribution in [-0.4, -0.2) is 6.10 Å². The average Bonchev–Trinajstić information content (AvgIpc) is 1.91. The van der Waals surface area contributed by atoms with Crippen LogP contribution in [0.3, 0.4) is 0 Å². The molecule has 0 aromatic heterocycles. The molecule has 0 bridgehead atoms. The number of hydrogen-bond donors (Lipinski definition) is 0. The van der Waals surface area contributed by atoms with Crippen molar-refractivity contribution in [2.45, 2.75) is 12.5 Å². The van der Waals surface area contributed by atoms with Crippen LogP contribution in [0.25, 0.3) is 0 Å². The Kier molecular flexibility index (Phi) is 4.53. The molecule has 0 N–H and O–H groups in total. The number of ether oxygens (including phenoxy) is 1. The Morgan fingerprint density at radius 2 is 2.30 bits per heavy atom. The Hall–Kier alpha value is -0.870. The second-order valence-electron chi connectivity index (χ2n) is 1.80. The van der Waals surface area contributed by atoms with Crippen molar-refractivity contribution in [1.29, 1.82) is 0 Å². The molecule has 1 aliphatic rings. The van der Waals surface area contributed by atoms with Gasteiger partial charge in [0.25, 0.3) is 0 Å². The molecule has 0 saturated heterocycles. The van der Waals surface area contributed by atoms with Gasteiger partial charge in [0.1, 0.15) is 6.10 Å². The molecule has 1 aliphatic heterocycles. The third kappa shape index (κ3) is 2.61. The summed E-state index contributed by atoms with van der Waals surface area (Å²) in [5, 5.41) is 0. The molecule has 0 saturated carbocycles. The van der Waals surface area contributed by atoms with E-state index in [4.69, 9.17) is 11.2 Å². The molecule has 1 rings (SSSR count). The highest BCUT2D eigenvalue weighted by Gasteiger charge is 2.01. The fourth-order valence-corrected chi connectivity index (χ4v) is 0.657. The Bertz CT molecular complexity index is 176. The van der Waals surface area contributed by atoms with Gasteiger partial charge in [0.05, 0.1) is 6.26 Å². The molecule has 1 nitrogen and oxygen atoms in total. The standard InChI is InChI=1S/C8H8O.ClH/c1-2-5-8-6-3-4-7-9-8;/h1,3-4,6-8H,5H2;1H. The summed E-state index contributed by atoms with van der Waals surface area (Å²) in [7, 11) is 0. The zero-order chi connectivity index (χ0) is 6.53. The summed E-state index contributed by atoms with van der Waals surface area (Å²) in [5.74, 6) is 2.53. The summed E-state index contributed by atoms with van der Waals surface area (Å²) in [4.78, 5) is 0.